The normalized spacial score (nSPS) is 15.2. The Bertz CT molecular complexity index is 2530. The topological polar surface area (TPSA) is 240 Å². The zero-order valence-electron chi connectivity index (χ0n) is 43.7. The highest BCUT2D eigenvalue weighted by Gasteiger charge is 2.33. The first-order valence-corrected chi connectivity index (χ1v) is 32.1. The number of amides is 2. The largest absolute Gasteiger partial charge is 0.457 e. The third kappa shape index (κ3) is 19.2. The Kier molecular flexibility index (Phi) is 20.5. The Hall–Kier alpha value is -6.61. The van der Waals surface area contributed by atoms with Crippen LogP contribution < -0.4 is 53.0 Å². The smallest absolute Gasteiger partial charge is 0.410 e. The lowest BCUT2D eigenvalue weighted by Crippen LogP contribution is -2.82. The SMILES string of the molecule is CC(C)(C)OC(=O)N1CCC[C@H]1CC(=O)Nc1ccc(Oc2ccc(C(/C=C\N)=[NH+]\C(CNc3cc(Oc4ccc(C(/C=C\N)=[NH+]\COCC[Si](C)(C)C)cc4)ccc3N)OCC[Si](C)(C)C)cc2)cc1N. The van der Waals surface area contributed by atoms with Crippen LogP contribution in [0.25, 0.3) is 0 Å². The molecular weight excluding hydrogens is 943 g/mol. The highest BCUT2D eigenvalue weighted by atomic mass is 28.3. The molecule has 4 aromatic carbocycles. The molecule has 0 spiro atoms. The van der Waals surface area contributed by atoms with E-state index in [-0.39, 0.29) is 18.4 Å². The summed E-state index contributed by atoms with van der Waals surface area (Å²) in [6, 6.07) is 27.7. The number of benzene rings is 4. The van der Waals surface area contributed by atoms with Crippen molar-refractivity contribution < 1.29 is 43.3 Å². The molecule has 72 heavy (non-hydrogen) atoms. The quantitative estimate of drug-likeness (QED) is 0.0117. The minimum absolute atomic E-state index is 0.136. The van der Waals surface area contributed by atoms with E-state index in [4.69, 9.17) is 46.6 Å². The Morgan fingerprint density at radius 1 is 0.750 bits per heavy atom. The molecule has 0 radical (unpaired) electrons. The van der Waals surface area contributed by atoms with Crippen LogP contribution in [0.4, 0.5) is 27.5 Å². The highest BCUT2D eigenvalue weighted by Crippen LogP contribution is 2.31. The van der Waals surface area contributed by atoms with Crippen LogP contribution in [0.1, 0.15) is 51.2 Å². The van der Waals surface area contributed by atoms with Crippen molar-refractivity contribution >= 4 is 62.3 Å². The summed E-state index contributed by atoms with van der Waals surface area (Å²) in [7, 11) is -2.58. The predicted molar refractivity (Wildman–Crippen MR) is 296 cm³/mol. The molecule has 0 saturated carbocycles. The maximum absolute atomic E-state index is 13.1. The van der Waals surface area contributed by atoms with Gasteiger partial charge in [-0.05, 0) is 118 Å². The summed E-state index contributed by atoms with van der Waals surface area (Å²) >= 11 is 0. The summed E-state index contributed by atoms with van der Waals surface area (Å²) in [6.07, 6.45) is 7.38. The maximum atomic E-state index is 13.1. The van der Waals surface area contributed by atoms with Crippen LogP contribution >= 0.6 is 0 Å². The van der Waals surface area contributed by atoms with E-state index in [0.717, 1.165) is 54.1 Å². The molecule has 1 heterocycles. The molecule has 18 heteroatoms. The molecular formula is C54H79N9O7Si2+2. The van der Waals surface area contributed by atoms with Gasteiger partial charge in [-0.3, -0.25) is 4.79 Å². The van der Waals surface area contributed by atoms with Crippen molar-refractivity contribution in [2.75, 3.05) is 55.1 Å². The summed E-state index contributed by atoms with van der Waals surface area (Å²) in [4.78, 5) is 34.3. The van der Waals surface area contributed by atoms with Crippen LogP contribution in [-0.4, -0.2) is 95.4 Å². The number of carbonyl (C=O) groups excluding carboxylic acids is 2. The van der Waals surface area contributed by atoms with Crippen molar-refractivity contribution in [1.29, 1.82) is 0 Å². The fourth-order valence-electron chi connectivity index (χ4n) is 7.46. The van der Waals surface area contributed by atoms with Gasteiger partial charge in [-0.1, -0.05) is 39.3 Å². The second-order valence-corrected chi connectivity index (χ2v) is 32.5. The minimum Gasteiger partial charge on any atom is -0.457 e. The summed E-state index contributed by atoms with van der Waals surface area (Å²) < 4.78 is 30.4. The number of rotatable bonds is 24. The Labute approximate surface area is 428 Å². The third-order valence-corrected chi connectivity index (χ3v) is 14.8. The molecule has 1 aliphatic heterocycles. The first-order valence-electron chi connectivity index (χ1n) is 24.7. The van der Waals surface area contributed by atoms with Crippen molar-refractivity contribution in [3.05, 3.63) is 121 Å². The standard InChI is InChI=1S/C54H77N9O7Si2/c1-54(2,3)70-53(65)63-28-10-11-40(63)33-51(64)61-49-23-21-43(34-46(49)58)68-41-18-14-39(15-19-41)48(25-27-56)62-52(67-30-32-72(7,8)9)36-59-50-35-44(20-22-45(50)57)69-42-16-12-38(13-17-42)47(24-26-55)60-37-66-29-31-71(4,5)6/h12-27,34-35,40,52,59H,10-11,28-33,36-37,55-58H2,1-9H3,(H,61,64)/p+2/b26-24-,27-25-,60-47-,62-48-/t40-,52?/m0/s1. The van der Waals surface area contributed by atoms with Crippen LogP contribution in [0.2, 0.25) is 51.4 Å². The molecule has 16 nitrogen and oxygen atoms in total. The average molecular weight is 1020 g/mol. The molecule has 1 saturated heterocycles. The molecule has 0 bridgehead atoms. The van der Waals surface area contributed by atoms with Gasteiger partial charge in [-0.25, -0.2) is 14.8 Å². The number of hydrogen-bond donors (Lipinski definition) is 8. The summed E-state index contributed by atoms with van der Waals surface area (Å²) in [6.45, 7) is 22.0. The van der Waals surface area contributed by atoms with Gasteiger partial charge in [-0.15, -0.1) is 0 Å². The molecule has 2 amide bonds. The third-order valence-electron chi connectivity index (χ3n) is 11.4. The minimum atomic E-state index is -1.41. The van der Waals surface area contributed by atoms with Crippen LogP contribution in [0.5, 0.6) is 23.0 Å². The predicted octanol–water partition coefficient (Wildman–Crippen LogP) is 6.95. The van der Waals surface area contributed by atoms with Gasteiger partial charge in [0, 0.05) is 83.0 Å². The molecule has 5 rings (SSSR count). The van der Waals surface area contributed by atoms with E-state index in [2.05, 4.69) is 59.9 Å². The van der Waals surface area contributed by atoms with Crippen molar-refractivity contribution in [3.63, 3.8) is 0 Å². The number of nitrogens with two attached hydrogens (primary N) is 4. The molecule has 1 unspecified atom stereocenters. The van der Waals surface area contributed by atoms with Crippen LogP contribution in [0, 0.1) is 0 Å². The number of allylic oxidation sites excluding steroid dienone is 2. The van der Waals surface area contributed by atoms with Crippen molar-refractivity contribution in [2.24, 2.45) is 11.5 Å². The fourth-order valence-corrected chi connectivity index (χ4v) is 8.95. The van der Waals surface area contributed by atoms with Gasteiger partial charge in [0.1, 0.15) is 35.1 Å². The van der Waals surface area contributed by atoms with Crippen LogP contribution in [-0.2, 0) is 19.0 Å². The van der Waals surface area contributed by atoms with E-state index in [1.807, 2.05) is 93.6 Å². The second kappa shape index (κ2) is 26.2. The number of carbonyl (C=O) groups is 2. The number of nitrogens with zero attached hydrogens (tertiary/aromatic N) is 1. The van der Waals surface area contributed by atoms with Crippen molar-refractivity contribution in [1.82, 2.24) is 4.90 Å². The molecule has 1 aliphatic rings. The molecule has 4 aromatic rings. The Morgan fingerprint density at radius 3 is 1.92 bits per heavy atom. The zero-order valence-corrected chi connectivity index (χ0v) is 45.7. The summed E-state index contributed by atoms with van der Waals surface area (Å²) in [5.41, 5.74) is 29.4. The summed E-state index contributed by atoms with van der Waals surface area (Å²) in [5.74, 6) is 2.09. The molecule has 0 aromatic heterocycles. The van der Waals surface area contributed by atoms with Crippen LogP contribution in [0.3, 0.4) is 0 Å². The lowest BCUT2D eigenvalue weighted by molar-refractivity contribution is -0.555. The zero-order chi connectivity index (χ0) is 52.5. The van der Waals surface area contributed by atoms with Crippen LogP contribution in [0.15, 0.2) is 109 Å². The number of nitrogens with one attached hydrogen (secondary N) is 4. The number of hydrogen-bond acceptors (Lipinski definition) is 12. The van der Waals surface area contributed by atoms with Gasteiger partial charge >= 0.3 is 6.09 Å². The first kappa shape index (κ1) is 56.3. The fraction of sp³-hybridized carbons (Fsp3) is 0.407. The Morgan fingerprint density at radius 2 is 1.32 bits per heavy atom. The lowest BCUT2D eigenvalue weighted by Gasteiger charge is -2.28. The molecule has 388 valence electrons. The summed E-state index contributed by atoms with van der Waals surface area (Å²) in [5, 5.41) is 6.38. The van der Waals surface area contributed by atoms with Gasteiger partial charge in [0.15, 0.2) is 0 Å². The van der Waals surface area contributed by atoms with E-state index in [9.17, 15) is 9.59 Å². The molecule has 1 fully saturated rings. The number of anilines is 4. The van der Waals surface area contributed by atoms with Gasteiger partial charge in [0.25, 0.3) is 6.23 Å². The van der Waals surface area contributed by atoms with E-state index < -0.39 is 34.1 Å². The van der Waals surface area contributed by atoms with Crippen molar-refractivity contribution in [3.8, 4) is 23.0 Å². The van der Waals surface area contributed by atoms with Gasteiger partial charge in [-0.2, -0.15) is 0 Å². The van der Waals surface area contributed by atoms with Gasteiger partial charge < -0.3 is 62.2 Å². The number of ether oxygens (including phenoxy) is 5. The van der Waals surface area contributed by atoms with E-state index >= 15 is 0 Å². The maximum Gasteiger partial charge on any atom is 0.410 e. The monoisotopic (exact) mass is 1020 g/mol. The lowest BCUT2D eigenvalue weighted by atomic mass is 10.1. The molecule has 0 aliphatic carbocycles. The highest BCUT2D eigenvalue weighted by molar-refractivity contribution is 6.76. The first-order chi connectivity index (χ1) is 34.1. The molecule has 12 N–H and O–H groups in total. The van der Waals surface area contributed by atoms with E-state index in [1.54, 1.807) is 29.2 Å². The van der Waals surface area contributed by atoms with Gasteiger partial charge in [0.2, 0.25) is 24.1 Å². The van der Waals surface area contributed by atoms with Gasteiger partial charge in [0.05, 0.1) is 36.0 Å². The molecule has 2 atom stereocenters. The Balaban J connectivity index is 1.23. The average Bonchev–Trinajstić information content (AvgIpc) is 3.76. The second-order valence-electron chi connectivity index (χ2n) is 21.3. The number of nitrogen functional groups attached to an aromatic ring is 2. The van der Waals surface area contributed by atoms with E-state index in [1.165, 1.54) is 12.4 Å². The van der Waals surface area contributed by atoms with E-state index in [0.29, 0.717) is 72.2 Å². The van der Waals surface area contributed by atoms with Crippen molar-refractivity contribution in [2.45, 2.75) is 109 Å². The number of likely N-dealkylation sites (tertiary alicyclic amines) is 1.